The molecule has 0 aromatic carbocycles. The predicted molar refractivity (Wildman–Crippen MR) is 83.9 cm³/mol. The van der Waals surface area contributed by atoms with Crippen LogP contribution in [0.4, 0.5) is 0 Å². The summed E-state index contributed by atoms with van der Waals surface area (Å²) in [6, 6.07) is 1.65. The van der Waals surface area contributed by atoms with Crippen molar-refractivity contribution in [1.82, 2.24) is 9.29 Å². The second-order valence-corrected chi connectivity index (χ2v) is 8.66. The van der Waals surface area contributed by atoms with Crippen molar-refractivity contribution in [3.63, 3.8) is 0 Å². The molecule has 1 saturated carbocycles. The zero-order chi connectivity index (χ0) is 14.9. The summed E-state index contributed by atoms with van der Waals surface area (Å²) in [5, 5.41) is 0. The number of hydrogen-bond donors (Lipinski definition) is 1. The summed E-state index contributed by atoms with van der Waals surface area (Å²) in [5.74, 6) is 0.304. The molecule has 118 valence electrons. The Kier molecular flexibility index (Phi) is 4.35. The molecule has 0 amide bonds. The van der Waals surface area contributed by atoms with Gasteiger partial charge in [0.1, 0.15) is 0 Å². The fraction of sp³-hybridized carbons (Fsp3) is 0.733. The van der Waals surface area contributed by atoms with E-state index in [1.54, 1.807) is 16.6 Å². The van der Waals surface area contributed by atoms with Gasteiger partial charge in [-0.1, -0.05) is 19.3 Å². The standard InChI is InChI=1S/C15H23ClN2O2S/c16-11-13-10-14(12-17-13)21(19,20)18-8-6-15(7-9-18)4-2-1-3-5-15/h10,12,17H,1-9,11H2. The van der Waals surface area contributed by atoms with Crippen LogP contribution in [0.3, 0.4) is 0 Å². The molecule has 1 spiro atoms. The van der Waals surface area contributed by atoms with Gasteiger partial charge in [0.15, 0.2) is 0 Å². The zero-order valence-corrected chi connectivity index (χ0v) is 13.8. The molecule has 2 fully saturated rings. The van der Waals surface area contributed by atoms with Crippen LogP contribution in [0.5, 0.6) is 0 Å². The summed E-state index contributed by atoms with van der Waals surface area (Å²) in [7, 11) is -3.36. The monoisotopic (exact) mass is 330 g/mol. The zero-order valence-electron chi connectivity index (χ0n) is 12.3. The van der Waals surface area contributed by atoms with Gasteiger partial charge in [-0.05, 0) is 37.2 Å². The number of aromatic nitrogens is 1. The molecule has 0 bridgehead atoms. The van der Waals surface area contributed by atoms with Crippen molar-refractivity contribution >= 4 is 21.6 Å². The van der Waals surface area contributed by atoms with Crippen molar-refractivity contribution in [2.75, 3.05) is 13.1 Å². The molecule has 0 atom stereocenters. The Labute approximate surface area is 131 Å². The highest BCUT2D eigenvalue weighted by atomic mass is 35.5. The molecule has 3 rings (SSSR count). The van der Waals surface area contributed by atoms with Gasteiger partial charge in [0.05, 0.1) is 10.8 Å². The lowest BCUT2D eigenvalue weighted by Gasteiger charge is -2.43. The van der Waals surface area contributed by atoms with Crippen molar-refractivity contribution in [3.8, 4) is 0 Å². The van der Waals surface area contributed by atoms with E-state index < -0.39 is 10.0 Å². The number of H-pyrrole nitrogens is 1. The van der Waals surface area contributed by atoms with E-state index >= 15 is 0 Å². The van der Waals surface area contributed by atoms with Crippen LogP contribution in [0.1, 0.15) is 50.6 Å². The molecule has 0 unspecified atom stereocenters. The number of aromatic amines is 1. The van der Waals surface area contributed by atoms with Gasteiger partial charge in [-0.2, -0.15) is 4.31 Å². The summed E-state index contributed by atoms with van der Waals surface area (Å²) < 4.78 is 26.9. The van der Waals surface area contributed by atoms with E-state index in [-0.39, 0.29) is 0 Å². The summed E-state index contributed by atoms with van der Waals surface area (Å²) in [6.45, 7) is 1.31. The van der Waals surface area contributed by atoms with Gasteiger partial charge in [0, 0.05) is 25.0 Å². The van der Waals surface area contributed by atoms with E-state index in [0.29, 0.717) is 29.3 Å². The quantitative estimate of drug-likeness (QED) is 0.862. The smallest absolute Gasteiger partial charge is 0.244 e. The lowest BCUT2D eigenvalue weighted by atomic mass is 9.68. The summed E-state index contributed by atoms with van der Waals surface area (Å²) in [6.07, 6.45) is 10.1. The van der Waals surface area contributed by atoms with Crippen LogP contribution in [0.15, 0.2) is 17.2 Å². The summed E-state index contributed by atoms with van der Waals surface area (Å²) in [4.78, 5) is 3.26. The van der Waals surface area contributed by atoms with Gasteiger partial charge in [-0.15, -0.1) is 11.6 Å². The van der Waals surface area contributed by atoms with E-state index in [2.05, 4.69) is 4.98 Å². The number of nitrogens with one attached hydrogen (secondary N) is 1. The third kappa shape index (κ3) is 3.01. The van der Waals surface area contributed by atoms with Gasteiger partial charge < -0.3 is 4.98 Å². The fourth-order valence-corrected chi connectivity index (χ4v) is 5.41. The van der Waals surface area contributed by atoms with Crippen molar-refractivity contribution < 1.29 is 8.42 Å². The first-order valence-electron chi connectivity index (χ1n) is 7.79. The number of nitrogens with zero attached hydrogens (tertiary/aromatic N) is 1. The van der Waals surface area contributed by atoms with E-state index in [1.807, 2.05) is 0 Å². The highest BCUT2D eigenvalue weighted by Gasteiger charge is 2.39. The van der Waals surface area contributed by atoms with Crippen LogP contribution < -0.4 is 0 Å². The maximum Gasteiger partial charge on any atom is 0.244 e. The second kappa shape index (κ2) is 5.94. The third-order valence-electron chi connectivity index (χ3n) is 5.20. The highest BCUT2D eigenvalue weighted by molar-refractivity contribution is 7.89. The molecule has 1 aliphatic heterocycles. The van der Waals surface area contributed by atoms with Crippen LogP contribution in [-0.4, -0.2) is 30.8 Å². The van der Waals surface area contributed by atoms with Crippen molar-refractivity contribution in [3.05, 3.63) is 18.0 Å². The van der Waals surface area contributed by atoms with Gasteiger partial charge in [-0.25, -0.2) is 8.42 Å². The molecule has 1 N–H and O–H groups in total. The van der Waals surface area contributed by atoms with Gasteiger partial charge in [0.25, 0.3) is 0 Å². The Bertz CT molecular complexity index is 581. The Morgan fingerprint density at radius 3 is 2.38 bits per heavy atom. The van der Waals surface area contributed by atoms with Crippen molar-refractivity contribution in [2.24, 2.45) is 5.41 Å². The Morgan fingerprint density at radius 2 is 1.81 bits per heavy atom. The number of halogens is 1. The minimum Gasteiger partial charge on any atom is -0.363 e. The third-order valence-corrected chi connectivity index (χ3v) is 7.36. The fourth-order valence-electron chi connectivity index (χ4n) is 3.80. The molecular formula is C15H23ClN2O2S. The molecule has 6 heteroatoms. The van der Waals surface area contributed by atoms with Crippen LogP contribution in [0.2, 0.25) is 0 Å². The lowest BCUT2D eigenvalue weighted by molar-refractivity contribution is 0.102. The maximum atomic E-state index is 12.7. The average molecular weight is 331 g/mol. The number of sulfonamides is 1. The van der Waals surface area contributed by atoms with E-state index in [1.165, 1.54) is 32.1 Å². The van der Waals surface area contributed by atoms with E-state index in [0.717, 1.165) is 18.5 Å². The normalized spacial score (nSPS) is 23.5. The summed E-state index contributed by atoms with van der Waals surface area (Å²) >= 11 is 5.73. The van der Waals surface area contributed by atoms with Gasteiger partial charge in [0.2, 0.25) is 10.0 Å². The minimum absolute atomic E-state index is 0.304. The Morgan fingerprint density at radius 1 is 1.14 bits per heavy atom. The SMILES string of the molecule is O=S(=O)(c1c[nH]c(CCl)c1)N1CCC2(CCCCC2)CC1. The molecule has 1 aromatic rings. The van der Waals surface area contributed by atoms with Crippen LogP contribution in [-0.2, 0) is 15.9 Å². The Balaban J connectivity index is 1.70. The number of rotatable bonds is 3. The van der Waals surface area contributed by atoms with E-state index in [4.69, 9.17) is 11.6 Å². The predicted octanol–water partition coefficient (Wildman–Crippen LogP) is 3.49. The van der Waals surface area contributed by atoms with Crippen molar-refractivity contribution in [1.29, 1.82) is 0 Å². The first-order chi connectivity index (χ1) is 10.1. The first-order valence-corrected chi connectivity index (χ1v) is 9.77. The topological polar surface area (TPSA) is 53.2 Å². The molecule has 1 aliphatic carbocycles. The maximum absolute atomic E-state index is 12.7. The number of hydrogen-bond acceptors (Lipinski definition) is 2. The first kappa shape index (κ1) is 15.4. The molecule has 4 nitrogen and oxygen atoms in total. The average Bonchev–Trinajstić information content (AvgIpc) is 2.98. The lowest BCUT2D eigenvalue weighted by Crippen LogP contribution is -2.43. The molecule has 2 heterocycles. The number of piperidine rings is 1. The van der Waals surface area contributed by atoms with Gasteiger partial charge >= 0.3 is 0 Å². The molecule has 21 heavy (non-hydrogen) atoms. The van der Waals surface area contributed by atoms with E-state index in [9.17, 15) is 8.42 Å². The minimum atomic E-state index is -3.36. The number of alkyl halides is 1. The molecule has 0 radical (unpaired) electrons. The van der Waals surface area contributed by atoms with Crippen LogP contribution >= 0.6 is 11.6 Å². The second-order valence-electron chi connectivity index (χ2n) is 6.46. The van der Waals surface area contributed by atoms with Crippen LogP contribution in [0.25, 0.3) is 0 Å². The van der Waals surface area contributed by atoms with Gasteiger partial charge in [-0.3, -0.25) is 0 Å². The van der Waals surface area contributed by atoms with Crippen molar-refractivity contribution in [2.45, 2.75) is 55.7 Å². The molecule has 1 aromatic heterocycles. The molecule has 2 aliphatic rings. The summed E-state index contributed by atoms with van der Waals surface area (Å²) in [5.41, 5.74) is 1.17. The molecular weight excluding hydrogens is 308 g/mol. The molecule has 1 saturated heterocycles. The Hall–Kier alpha value is -0.520. The van der Waals surface area contributed by atoms with Crippen LogP contribution in [0, 0.1) is 5.41 Å². The highest BCUT2D eigenvalue weighted by Crippen LogP contribution is 2.45. The largest absolute Gasteiger partial charge is 0.363 e.